The lowest BCUT2D eigenvalue weighted by molar-refractivity contribution is 5.39. The Kier molecular flexibility index (Phi) is 0.286. The lowest BCUT2D eigenvalue weighted by Crippen LogP contribution is -1.31. The van der Waals surface area contributed by atoms with Crippen LogP contribution in [0, 0.1) is 0 Å². The summed E-state index contributed by atoms with van der Waals surface area (Å²) in [4.78, 5) is 0. The van der Waals surface area contributed by atoms with Crippen LogP contribution in [0.1, 0.15) is 0 Å². The van der Waals surface area contributed by atoms with Crippen molar-refractivity contribution in [3.63, 3.8) is 0 Å². The van der Waals surface area contributed by atoms with Crippen LogP contribution in [-0.4, -0.2) is 0 Å². The van der Waals surface area contributed by atoms with E-state index in [9.17, 15) is 0 Å². The molecule has 3 heterocycles. The predicted molar refractivity (Wildman–Crippen MR) is 37.3 cm³/mol. The maximum atomic E-state index is 2.32. The Morgan fingerprint density at radius 2 is 1.40 bits per heavy atom. The van der Waals surface area contributed by atoms with Gasteiger partial charge in [0.05, 0.1) is 0 Å². The van der Waals surface area contributed by atoms with Crippen molar-refractivity contribution in [2.45, 2.75) is 0 Å². The summed E-state index contributed by atoms with van der Waals surface area (Å²) < 4.78 is 0.00694. The SMILES string of the molecule is S1[P+]23SS12S3. The Labute approximate surface area is 42.1 Å². The van der Waals surface area contributed by atoms with E-state index in [0.717, 1.165) is 0 Å². The maximum absolute atomic E-state index is 2.32. The molecule has 0 aromatic heterocycles. The average molecular weight is 159 g/mol. The Balaban J connectivity index is 2.58. The standard InChI is InChI=1S/PS4/c2-1-3-5(1,2)4-1/q+1. The summed E-state index contributed by atoms with van der Waals surface area (Å²) in [6.45, 7) is 0.257. The lowest BCUT2D eigenvalue weighted by Gasteiger charge is -1.80. The van der Waals surface area contributed by atoms with Crippen LogP contribution in [0.15, 0.2) is 0 Å². The highest BCUT2D eigenvalue weighted by molar-refractivity contribution is 10.4. The summed E-state index contributed by atoms with van der Waals surface area (Å²) in [5.41, 5.74) is 0. The van der Waals surface area contributed by atoms with Crippen LogP contribution < -0.4 is 0 Å². The average Bonchev–Trinajstić information content (AvgIpc) is 1.30. The molecule has 0 saturated carbocycles. The van der Waals surface area contributed by atoms with Crippen molar-refractivity contribution in [1.29, 1.82) is 0 Å². The van der Waals surface area contributed by atoms with Crippen molar-refractivity contribution < 1.29 is 0 Å². The Morgan fingerprint density at radius 3 is 1.40 bits per heavy atom. The minimum atomic E-state index is 0.00694. The van der Waals surface area contributed by atoms with Crippen LogP contribution in [-0.2, 0) is 0 Å². The fourth-order valence-corrected chi connectivity index (χ4v) is 63.5. The van der Waals surface area contributed by atoms with E-state index in [0.29, 0.717) is 0 Å². The van der Waals surface area contributed by atoms with E-state index in [4.69, 9.17) is 0 Å². The summed E-state index contributed by atoms with van der Waals surface area (Å²) >= 11 is 0. The van der Waals surface area contributed by atoms with E-state index in [1.165, 1.54) is 0 Å². The van der Waals surface area contributed by atoms with Crippen molar-refractivity contribution in [3.8, 4) is 0 Å². The second-order valence-electron chi connectivity index (χ2n) is 1.10. The molecule has 0 aromatic carbocycles. The Hall–Kier alpha value is 1.83. The van der Waals surface area contributed by atoms with Crippen molar-refractivity contribution in [3.05, 3.63) is 0 Å². The van der Waals surface area contributed by atoms with Crippen LogP contribution >= 0.6 is 42.1 Å². The molecule has 0 atom stereocenters. The van der Waals surface area contributed by atoms with E-state index in [1.807, 2.05) is 0 Å². The largest absolute Gasteiger partial charge is 0.310 e. The number of rotatable bonds is 0. The molecule has 0 bridgehead atoms. The second kappa shape index (κ2) is 0.480. The minimum Gasteiger partial charge on any atom is 0.173 e. The molecule has 3 fully saturated rings. The van der Waals surface area contributed by atoms with Crippen molar-refractivity contribution >= 4 is 42.1 Å². The normalized spacial score (nSPS) is 104. The molecule has 5 heteroatoms. The Bertz CT molecular complexity index is 85.0. The molecular weight excluding hydrogens is 159 g/mol. The molecule has 0 aliphatic carbocycles. The Morgan fingerprint density at radius 1 is 1.20 bits per heavy atom. The van der Waals surface area contributed by atoms with Gasteiger partial charge in [0.1, 0.15) is 0 Å². The molecule has 0 radical (unpaired) electrons. The van der Waals surface area contributed by atoms with E-state index in [1.54, 1.807) is 0 Å². The highest BCUT2D eigenvalue weighted by Crippen LogP contribution is 3.72. The van der Waals surface area contributed by atoms with Gasteiger partial charge in [-0.25, -0.2) is 0 Å². The monoisotopic (exact) mass is 159 g/mol. The molecule has 3 saturated heterocycles. The summed E-state index contributed by atoms with van der Waals surface area (Å²) in [6.07, 6.45) is 0. The summed E-state index contributed by atoms with van der Waals surface area (Å²) in [5, 5.41) is 0. The number of hydrogen-bond donors (Lipinski definition) is 0. The second-order valence-corrected chi connectivity index (χ2v) is 29.7. The quantitative estimate of drug-likeness (QED) is 0.302. The first kappa shape index (κ1) is 2.98. The lowest BCUT2D eigenvalue weighted by atomic mass is 29.7. The molecule has 0 spiro atoms. The molecule has 3 aliphatic heterocycles. The van der Waals surface area contributed by atoms with Crippen LogP contribution in [0.4, 0.5) is 0 Å². The van der Waals surface area contributed by atoms with Crippen LogP contribution in [0.25, 0.3) is 0 Å². The first-order chi connectivity index (χ1) is 2.37. The van der Waals surface area contributed by atoms with Crippen molar-refractivity contribution in [2.75, 3.05) is 0 Å². The zero-order valence-electron chi connectivity index (χ0n) is 2.08. The molecule has 3 rings (SSSR count). The van der Waals surface area contributed by atoms with Gasteiger partial charge in [0.15, 0.2) is 38.0 Å². The topological polar surface area (TPSA) is 0 Å². The predicted octanol–water partition coefficient (Wildman–Crippen LogP) is 3.45. The van der Waals surface area contributed by atoms with Gasteiger partial charge in [-0.1, -0.05) is 0 Å². The van der Waals surface area contributed by atoms with Gasteiger partial charge in [-0.2, -0.15) is 0 Å². The third-order valence-electron chi connectivity index (χ3n) is 0.771. The fourth-order valence-electron chi connectivity index (χ4n) is 0.322. The molecule has 0 aromatic rings. The van der Waals surface area contributed by atoms with Crippen LogP contribution in [0.2, 0.25) is 0 Å². The van der Waals surface area contributed by atoms with Crippen LogP contribution in [0.5, 0.6) is 0 Å². The fraction of sp³-hybridized carbons (Fsp3) is 0. The molecule has 28 valence electrons. The highest BCUT2D eigenvalue weighted by Gasteiger charge is 3.22. The molecule has 0 unspecified atom stereocenters. The summed E-state index contributed by atoms with van der Waals surface area (Å²) in [6, 6.07) is 0. The van der Waals surface area contributed by atoms with Crippen molar-refractivity contribution in [1.82, 2.24) is 0 Å². The molecule has 3 aliphatic rings. The van der Waals surface area contributed by atoms with Gasteiger partial charge in [0.2, 0.25) is 0 Å². The van der Waals surface area contributed by atoms with E-state index in [-0.39, 0.29) is 10.8 Å². The third kappa shape index (κ3) is 0.164. The zero-order valence-corrected chi connectivity index (χ0v) is 6.24. The summed E-state index contributed by atoms with van der Waals surface area (Å²) in [7, 11) is 6.96. The van der Waals surface area contributed by atoms with Gasteiger partial charge in [0, 0.05) is 0 Å². The molecule has 0 amide bonds. The van der Waals surface area contributed by atoms with Crippen LogP contribution in [0.3, 0.4) is 0 Å². The van der Waals surface area contributed by atoms with Gasteiger partial charge in [0.25, 0.3) is 0 Å². The van der Waals surface area contributed by atoms with E-state index >= 15 is 0 Å². The third-order valence-corrected chi connectivity index (χ3v) is 50.4. The highest BCUT2D eigenvalue weighted by atomic mass is 34.8. The summed E-state index contributed by atoms with van der Waals surface area (Å²) in [5.74, 6) is 0. The first-order valence-corrected chi connectivity index (χ1v) is 11.1. The van der Waals surface area contributed by atoms with E-state index in [2.05, 4.69) is 31.2 Å². The van der Waals surface area contributed by atoms with Gasteiger partial charge >= 0.3 is 4.07 Å². The van der Waals surface area contributed by atoms with Gasteiger partial charge in [-0.05, 0) is 0 Å². The number of hydrogen-bond acceptors (Lipinski definition) is 3. The zero-order chi connectivity index (χ0) is 3.12. The van der Waals surface area contributed by atoms with Crippen molar-refractivity contribution in [2.24, 2.45) is 0 Å². The maximum Gasteiger partial charge on any atom is 0.310 e. The minimum absolute atomic E-state index is 0.00694. The first-order valence-electron chi connectivity index (χ1n) is 1.23. The smallest absolute Gasteiger partial charge is 0.173 e. The van der Waals surface area contributed by atoms with Gasteiger partial charge < -0.3 is 0 Å². The van der Waals surface area contributed by atoms with Gasteiger partial charge in [-0.15, -0.1) is 0 Å². The van der Waals surface area contributed by atoms with Gasteiger partial charge in [-0.3, -0.25) is 0 Å². The molecule has 5 heavy (non-hydrogen) atoms. The molecule has 0 nitrogen and oxygen atoms in total. The molecule has 0 N–H and O–H groups in total. The van der Waals surface area contributed by atoms with E-state index < -0.39 is 0 Å². The molecular formula is PS4+.